The molecule has 0 saturated carbocycles. The van der Waals surface area contributed by atoms with Gasteiger partial charge in [0.25, 0.3) is 18.1 Å². The van der Waals surface area contributed by atoms with Gasteiger partial charge in [0.2, 0.25) is 0 Å². The van der Waals surface area contributed by atoms with Gasteiger partial charge in [0.1, 0.15) is 21.3 Å². The fraction of sp³-hybridized carbons (Fsp3) is 0.250. The Balaban J connectivity index is 3.76. The highest BCUT2D eigenvalue weighted by Gasteiger charge is 2.25. The maximum atomic E-state index is 11.3. The van der Waals surface area contributed by atoms with Crippen LogP contribution in [0.4, 0.5) is 0 Å². The lowest BCUT2D eigenvalue weighted by Crippen LogP contribution is -2.02. The van der Waals surface area contributed by atoms with Crippen molar-refractivity contribution in [2.24, 2.45) is 0 Å². The molecule has 0 radical (unpaired) electrons. The molecule has 18 heavy (non-hydrogen) atoms. The van der Waals surface area contributed by atoms with E-state index in [1.54, 1.807) is 0 Å². The van der Waals surface area contributed by atoms with E-state index in [1.807, 2.05) is 0 Å². The second kappa shape index (κ2) is 5.12. The van der Waals surface area contributed by atoms with Gasteiger partial charge in [-0.2, -0.15) is 0 Å². The molecule has 0 aliphatic carbocycles. The SMILES string of the molecule is COc1cc(OC)c(S(=O)(=O)Cl)cc1S(=O)(=O)Cl. The Kier molecular flexibility index (Phi) is 4.37. The molecule has 0 N–H and O–H groups in total. The van der Waals surface area contributed by atoms with Crippen LogP contribution in [0.25, 0.3) is 0 Å². The van der Waals surface area contributed by atoms with Crippen molar-refractivity contribution in [2.45, 2.75) is 9.79 Å². The Labute approximate surface area is 113 Å². The van der Waals surface area contributed by atoms with Crippen molar-refractivity contribution >= 4 is 39.5 Å². The molecule has 1 aromatic carbocycles. The zero-order valence-electron chi connectivity index (χ0n) is 9.18. The molecule has 0 aliphatic rings. The molecule has 102 valence electrons. The monoisotopic (exact) mass is 334 g/mol. The van der Waals surface area contributed by atoms with Gasteiger partial charge in [0.05, 0.1) is 14.2 Å². The molecular formula is C8H8Cl2O6S2. The molecule has 0 aromatic heterocycles. The average molecular weight is 335 g/mol. The predicted octanol–water partition coefficient (Wildman–Crippen LogP) is 1.56. The first-order valence-corrected chi connectivity index (χ1v) is 8.88. The summed E-state index contributed by atoms with van der Waals surface area (Å²) in [6.07, 6.45) is 0. The van der Waals surface area contributed by atoms with E-state index in [4.69, 9.17) is 30.8 Å². The maximum Gasteiger partial charge on any atom is 0.265 e. The number of methoxy groups -OCH3 is 2. The minimum atomic E-state index is -4.18. The van der Waals surface area contributed by atoms with Crippen LogP contribution in [-0.2, 0) is 18.1 Å². The summed E-state index contributed by atoms with van der Waals surface area (Å²) in [4.78, 5) is -1.02. The van der Waals surface area contributed by atoms with Crippen molar-refractivity contribution in [2.75, 3.05) is 14.2 Å². The quantitative estimate of drug-likeness (QED) is 0.776. The van der Waals surface area contributed by atoms with Crippen LogP contribution in [-0.4, -0.2) is 31.1 Å². The van der Waals surface area contributed by atoms with Crippen molar-refractivity contribution in [3.63, 3.8) is 0 Å². The summed E-state index contributed by atoms with van der Waals surface area (Å²) in [7, 11) is 4.38. The summed E-state index contributed by atoms with van der Waals surface area (Å²) in [6.45, 7) is 0. The minimum absolute atomic E-state index is 0.147. The van der Waals surface area contributed by atoms with Crippen LogP contribution in [0.1, 0.15) is 0 Å². The van der Waals surface area contributed by atoms with Gasteiger partial charge in [-0.05, 0) is 6.07 Å². The molecule has 0 heterocycles. The summed E-state index contributed by atoms with van der Waals surface area (Å²) in [5, 5.41) is 0. The van der Waals surface area contributed by atoms with E-state index in [1.165, 1.54) is 14.2 Å². The van der Waals surface area contributed by atoms with Crippen LogP contribution in [0, 0.1) is 0 Å². The van der Waals surface area contributed by atoms with Gasteiger partial charge in [-0.25, -0.2) is 16.8 Å². The number of hydrogen-bond donors (Lipinski definition) is 0. The molecule has 0 bridgehead atoms. The topological polar surface area (TPSA) is 86.7 Å². The predicted molar refractivity (Wildman–Crippen MR) is 65.6 cm³/mol. The van der Waals surface area contributed by atoms with Gasteiger partial charge in [0.15, 0.2) is 0 Å². The molecule has 0 saturated heterocycles. The molecule has 0 aliphatic heterocycles. The maximum absolute atomic E-state index is 11.3. The summed E-state index contributed by atoms with van der Waals surface area (Å²) < 4.78 is 54.8. The molecule has 6 nitrogen and oxygen atoms in total. The smallest absolute Gasteiger partial charge is 0.265 e. The first-order chi connectivity index (χ1) is 8.11. The average Bonchev–Trinajstić information content (AvgIpc) is 2.24. The molecule has 10 heteroatoms. The van der Waals surface area contributed by atoms with Crippen LogP contribution >= 0.6 is 21.4 Å². The highest BCUT2D eigenvalue weighted by Crippen LogP contribution is 2.37. The normalized spacial score (nSPS) is 12.2. The Morgan fingerprint density at radius 1 is 0.833 bits per heavy atom. The van der Waals surface area contributed by atoms with Crippen LogP contribution in [0.3, 0.4) is 0 Å². The lowest BCUT2D eigenvalue weighted by molar-refractivity contribution is 0.379. The highest BCUT2D eigenvalue weighted by molar-refractivity contribution is 8.14. The lowest BCUT2D eigenvalue weighted by atomic mass is 10.3. The van der Waals surface area contributed by atoms with Crippen molar-refractivity contribution in [3.8, 4) is 11.5 Å². The van der Waals surface area contributed by atoms with Gasteiger partial charge in [-0.15, -0.1) is 0 Å². The van der Waals surface area contributed by atoms with Crippen molar-refractivity contribution in [1.82, 2.24) is 0 Å². The number of ether oxygens (including phenoxy) is 2. The number of halogens is 2. The zero-order valence-corrected chi connectivity index (χ0v) is 12.3. The van der Waals surface area contributed by atoms with Gasteiger partial charge in [-0.1, -0.05) is 0 Å². The highest BCUT2D eigenvalue weighted by atomic mass is 35.7. The van der Waals surface area contributed by atoms with Crippen LogP contribution in [0.5, 0.6) is 11.5 Å². The largest absolute Gasteiger partial charge is 0.495 e. The van der Waals surface area contributed by atoms with E-state index in [0.29, 0.717) is 0 Å². The van der Waals surface area contributed by atoms with E-state index in [2.05, 4.69) is 0 Å². The van der Waals surface area contributed by atoms with Crippen molar-refractivity contribution in [3.05, 3.63) is 12.1 Å². The summed E-state index contributed by atoms with van der Waals surface area (Å²) in [5.41, 5.74) is 0. The first-order valence-electron chi connectivity index (χ1n) is 4.26. The standard InChI is InChI=1S/C8H8Cl2O6S2/c1-15-5-3-6(16-2)8(18(10,13)14)4-7(5)17(9,11)12/h3-4H,1-2H3. The molecule has 1 rings (SSSR count). The fourth-order valence-electron chi connectivity index (χ4n) is 1.22. The fourth-order valence-corrected chi connectivity index (χ4v) is 3.30. The molecule has 0 amide bonds. The third-order valence-corrected chi connectivity index (χ3v) is 4.66. The Morgan fingerprint density at radius 3 is 1.39 bits per heavy atom. The van der Waals surface area contributed by atoms with Gasteiger partial charge >= 0.3 is 0 Å². The Hall–Kier alpha value is -0.700. The molecule has 0 fully saturated rings. The number of rotatable bonds is 4. The Bertz CT molecular complexity index is 610. The van der Waals surface area contributed by atoms with Gasteiger partial charge < -0.3 is 9.47 Å². The van der Waals surface area contributed by atoms with Gasteiger partial charge in [0, 0.05) is 27.4 Å². The Morgan fingerprint density at radius 2 is 1.17 bits per heavy atom. The molecule has 0 unspecified atom stereocenters. The van der Waals surface area contributed by atoms with E-state index >= 15 is 0 Å². The summed E-state index contributed by atoms with van der Waals surface area (Å²) >= 11 is 0. The lowest BCUT2D eigenvalue weighted by Gasteiger charge is -2.11. The van der Waals surface area contributed by atoms with Crippen LogP contribution in [0.15, 0.2) is 21.9 Å². The molecular weight excluding hydrogens is 327 g/mol. The van der Waals surface area contributed by atoms with E-state index in [-0.39, 0.29) is 11.5 Å². The molecule has 0 atom stereocenters. The minimum Gasteiger partial charge on any atom is -0.495 e. The summed E-state index contributed by atoms with van der Waals surface area (Å²) in [6, 6.07) is 1.85. The van der Waals surface area contributed by atoms with Crippen molar-refractivity contribution < 1.29 is 26.3 Å². The van der Waals surface area contributed by atoms with Gasteiger partial charge in [-0.3, -0.25) is 0 Å². The number of benzene rings is 1. The first kappa shape index (κ1) is 15.4. The van der Waals surface area contributed by atoms with Crippen molar-refractivity contribution in [1.29, 1.82) is 0 Å². The molecule has 1 aromatic rings. The van der Waals surface area contributed by atoms with E-state index in [0.717, 1.165) is 12.1 Å². The molecule has 0 spiro atoms. The van der Waals surface area contributed by atoms with E-state index < -0.39 is 27.9 Å². The summed E-state index contributed by atoms with van der Waals surface area (Å²) in [5.74, 6) is -0.295. The second-order valence-corrected chi connectivity index (χ2v) is 8.10. The van der Waals surface area contributed by atoms with Crippen LogP contribution < -0.4 is 9.47 Å². The van der Waals surface area contributed by atoms with E-state index in [9.17, 15) is 16.8 Å². The van der Waals surface area contributed by atoms with Crippen LogP contribution in [0.2, 0.25) is 0 Å². The third-order valence-electron chi connectivity index (χ3n) is 1.98. The zero-order chi connectivity index (χ0) is 14.1. The second-order valence-electron chi connectivity index (χ2n) is 3.03. The number of hydrogen-bond acceptors (Lipinski definition) is 6. The third kappa shape index (κ3) is 3.19.